The van der Waals surface area contributed by atoms with Gasteiger partial charge in [0.1, 0.15) is 17.7 Å². The number of anilines is 1. The Labute approximate surface area is 193 Å². The van der Waals surface area contributed by atoms with Crippen LogP contribution in [0.3, 0.4) is 0 Å². The summed E-state index contributed by atoms with van der Waals surface area (Å²) in [5.41, 5.74) is 9.56. The molecule has 5 nitrogen and oxygen atoms in total. The second kappa shape index (κ2) is 9.67. The molecule has 0 fully saturated rings. The fourth-order valence-corrected chi connectivity index (χ4v) is 3.54. The molecule has 2 aromatic carbocycles. The SMILES string of the molecule is CC(C)(C)c1ccc(CN(CCc2ccc(Cl)c(Cl)c2)C(=O)c2cncnc2N)cc1. The summed E-state index contributed by atoms with van der Waals surface area (Å²) in [6.45, 7) is 7.44. The Hall–Kier alpha value is -2.63. The molecule has 0 aliphatic heterocycles. The third kappa shape index (κ3) is 5.96. The van der Waals surface area contributed by atoms with E-state index in [4.69, 9.17) is 28.9 Å². The second-order valence-electron chi connectivity index (χ2n) is 8.49. The summed E-state index contributed by atoms with van der Waals surface area (Å²) in [5, 5.41) is 1.00. The van der Waals surface area contributed by atoms with Crippen LogP contribution in [-0.2, 0) is 18.4 Å². The minimum atomic E-state index is -0.210. The van der Waals surface area contributed by atoms with Gasteiger partial charge < -0.3 is 10.6 Å². The van der Waals surface area contributed by atoms with E-state index in [1.165, 1.54) is 18.1 Å². The maximum absolute atomic E-state index is 13.3. The monoisotopic (exact) mass is 456 g/mol. The van der Waals surface area contributed by atoms with Crippen molar-refractivity contribution in [1.29, 1.82) is 0 Å². The number of benzene rings is 2. The smallest absolute Gasteiger partial charge is 0.259 e. The maximum Gasteiger partial charge on any atom is 0.259 e. The van der Waals surface area contributed by atoms with Gasteiger partial charge in [-0.25, -0.2) is 9.97 Å². The molecule has 7 heteroatoms. The fourth-order valence-electron chi connectivity index (χ4n) is 3.22. The number of aromatic nitrogens is 2. The van der Waals surface area contributed by atoms with E-state index in [1.807, 2.05) is 12.1 Å². The van der Waals surface area contributed by atoms with Gasteiger partial charge in [0.05, 0.1) is 10.0 Å². The van der Waals surface area contributed by atoms with E-state index in [0.717, 1.165) is 11.1 Å². The number of carbonyl (C=O) groups is 1. The average molecular weight is 457 g/mol. The lowest BCUT2D eigenvalue weighted by Gasteiger charge is -2.24. The number of carbonyl (C=O) groups excluding carboxylic acids is 1. The zero-order valence-electron chi connectivity index (χ0n) is 17.9. The van der Waals surface area contributed by atoms with Crippen LogP contribution in [-0.4, -0.2) is 27.3 Å². The van der Waals surface area contributed by atoms with Gasteiger partial charge in [0.25, 0.3) is 5.91 Å². The summed E-state index contributed by atoms with van der Waals surface area (Å²) in [6.07, 6.45) is 3.41. The molecule has 0 saturated carbocycles. The molecule has 1 amide bonds. The minimum Gasteiger partial charge on any atom is -0.383 e. The predicted molar refractivity (Wildman–Crippen MR) is 126 cm³/mol. The van der Waals surface area contributed by atoms with Crippen LogP contribution < -0.4 is 5.73 Å². The highest BCUT2D eigenvalue weighted by Crippen LogP contribution is 2.24. The van der Waals surface area contributed by atoms with Crippen molar-refractivity contribution in [2.75, 3.05) is 12.3 Å². The summed E-state index contributed by atoms with van der Waals surface area (Å²) in [7, 11) is 0. The first-order valence-corrected chi connectivity index (χ1v) is 10.8. The normalized spacial score (nSPS) is 11.4. The minimum absolute atomic E-state index is 0.0672. The number of amides is 1. The molecule has 162 valence electrons. The van der Waals surface area contributed by atoms with Crippen LogP contribution in [0.1, 0.15) is 47.8 Å². The van der Waals surface area contributed by atoms with Crippen molar-refractivity contribution >= 4 is 34.9 Å². The molecule has 1 aromatic heterocycles. The lowest BCUT2D eigenvalue weighted by molar-refractivity contribution is 0.0745. The highest BCUT2D eigenvalue weighted by atomic mass is 35.5. The first-order chi connectivity index (χ1) is 14.6. The largest absolute Gasteiger partial charge is 0.383 e. The van der Waals surface area contributed by atoms with Gasteiger partial charge in [-0.3, -0.25) is 4.79 Å². The van der Waals surface area contributed by atoms with E-state index in [-0.39, 0.29) is 17.1 Å². The zero-order chi connectivity index (χ0) is 22.6. The summed E-state index contributed by atoms with van der Waals surface area (Å²) >= 11 is 12.2. The molecule has 3 rings (SSSR count). The van der Waals surface area contributed by atoms with E-state index < -0.39 is 0 Å². The average Bonchev–Trinajstić information content (AvgIpc) is 2.73. The van der Waals surface area contributed by atoms with E-state index in [9.17, 15) is 4.79 Å². The number of nitrogens with two attached hydrogens (primary N) is 1. The van der Waals surface area contributed by atoms with Gasteiger partial charge >= 0.3 is 0 Å². The third-order valence-corrected chi connectivity index (χ3v) is 5.85. The highest BCUT2D eigenvalue weighted by Gasteiger charge is 2.20. The topological polar surface area (TPSA) is 72.1 Å². The molecule has 31 heavy (non-hydrogen) atoms. The van der Waals surface area contributed by atoms with Crippen LogP contribution >= 0.6 is 23.2 Å². The Kier molecular flexibility index (Phi) is 7.19. The molecule has 0 radical (unpaired) electrons. The summed E-state index contributed by atoms with van der Waals surface area (Å²) in [5.74, 6) is -0.0410. The van der Waals surface area contributed by atoms with Gasteiger partial charge in [-0.1, -0.05) is 74.3 Å². The van der Waals surface area contributed by atoms with Gasteiger partial charge in [0.2, 0.25) is 0 Å². The molecule has 0 saturated heterocycles. The van der Waals surface area contributed by atoms with Gasteiger partial charge in [0.15, 0.2) is 0 Å². The number of hydrogen-bond donors (Lipinski definition) is 1. The molecule has 0 aliphatic carbocycles. The Bertz CT molecular complexity index is 1060. The molecule has 3 aromatic rings. The highest BCUT2D eigenvalue weighted by molar-refractivity contribution is 6.42. The van der Waals surface area contributed by atoms with Crippen molar-refractivity contribution < 1.29 is 4.79 Å². The molecule has 0 atom stereocenters. The fraction of sp³-hybridized carbons (Fsp3) is 0.292. The first kappa shape index (κ1) is 23.0. The van der Waals surface area contributed by atoms with Crippen molar-refractivity contribution in [3.63, 3.8) is 0 Å². The molecule has 0 spiro atoms. The predicted octanol–water partition coefficient (Wildman–Crippen LogP) is 5.55. The quantitative estimate of drug-likeness (QED) is 0.527. The summed E-state index contributed by atoms with van der Waals surface area (Å²) in [6, 6.07) is 13.8. The Morgan fingerprint density at radius 2 is 1.71 bits per heavy atom. The van der Waals surface area contributed by atoms with Gasteiger partial charge in [0, 0.05) is 19.3 Å². The van der Waals surface area contributed by atoms with Crippen LogP contribution in [0.5, 0.6) is 0 Å². The van der Waals surface area contributed by atoms with Crippen molar-refractivity contribution in [2.24, 2.45) is 0 Å². The molecule has 2 N–H and O–H groups in total. The van der Waals surface area contributed by atoms with Crippen LogP contribution in [0.2, 0.25) is 10.0 Å². The molecule has 0 aliphatic rings. The third-order valence-electron chi connectivity index (χ3n) is 5.11. The van der Waals surface area contributed by atoms with Crippen molar-refractivity contribution in [3.8, 4) is 0 Å². The lowest BCUT2D eigenvalue weighted by Crippen LogP contribution is -2.33. The number of hydrogen-bond acceptors (Lipinski definition) is 4. The number of nitrogens with zero attached hydrogens (tertiary/aromatic N) is 3. The Morgan fingerprint density at radius 1 is 1.03 bits per heavy atom. The van der Waals surface area contributed by atoms with Crippen molar-refractivity contribution in [3.05, 3.63) is 87.3 Å². The molecule has 1 heterocycles. The first-order valence-electron chi connectivity index (χ1n) is 10.0. The van der Waals surface area contributed by atoms with Crippen LogP contribution in [0.15, 0.2) is 55.0 Å². The standard InChI is InChI=1S/C24H26Cl2N4O/c1-24(2,3)18-7-4-17(5-8-18)14-30(23(31)19-13-28-15-29-22(19)27)11-10-16-6-9-20(25)21(26)12-16/h4-9,12-13,15H,10-11,14H2,1-3H3,(H2,27,28,29). The summed E-state index contributed by atoms with van der Waals surface area (Å²) in [4.78, 5) is 22.9. The van der Waals surface area contributed by atoms with Gasteiger partial charge in [-0.2, -0.15) is 0 Å². The van der Waals surface area contributed by atoms with E-state index in [2.05, 4.69) is 55.0 Å². The van der Waals surface area contributed by atoms with Crippen LogP contribution in [0.25, 0.3) is 0 Å². The zero-order valence-corrected chi connectivity index (χ0v) is 19.4. The second-order valence-corrected chi connectivity index (χ2v) is 9.31. The Morgan fingerprint density at radius 3 is 2.32 bits per heavy atom. The van der Waals surface area contributed by atoms with E-state index >= 15 is 0 Å². The molecule has 0 unspecified atom stereocenters. The lowest BCUT2D eigenvalue weighted by atomic mass is 9.87. The molecule has 0 bridgehead atoms. The number of nitrogen functional groups attached to an aromatic ring is 1. The van der Waals surface area contributed by atoms with E-state index in [1.54, 1.807) is 11.0 Å². The maximum atomic E-state index is 13.3. The van der Waals surface area contributed by atoms with Crippen molar-refractivity contribution in [1.82, 2.24) is 14.9 Å². The molecular weight excluding hydrogens is 431 g/mol. The number of halogens is 2. The Balaban J connectivity index is 1.83. The van der Waals surface area contributed by atoms with Gasteiger partial charge in [-0.05, 0) is 40.7 Å². The van der Waals surface area contributed by atoms with Crippen LogP contribution in [0.4, 0.5) is 5.82 Å². The summed E-state index contributed by atoms with van der Waals surface area (Å²) < 4.78 is 0. The van der Waals surface area contributed by atoms with Crippen LogP contribution in [0, 0.1) is 0 Å². The molecular formula is C24H26Cl2N4O. The van der Waals surface area contributed by atoms with E-state index in [0.29, 0.717) is 35.1 Å². The number of rotatable bonds is 6. The van der Waals surface area contributed by atoms with Crippen molar-refractivity contribution in [2.45, 2.75) is 39.2 Å². The van der Waals surface area contributed by atoms with Gasteiger partial charge in [-0.15, -0.1) is 0 Å².